The highest BCUT2D eigenvalue weighted by molar-refractivity contribution is 14.0. The number of thiophene rings is 1. The van der Waals surface area contributed by atoms with Gasteiger partial charge in [-0.15, -0.1) is 35.3 Å². The molecule has 1 aliphatic rings. The van der Waals surface area contributed by atoms with Crippen molar-refractivity contribution in [3.8, 4) is 0 Å². The number of guanidine groups is 1. The van der Waals surface area contributed by atoms with Crippen molar-refractivity contribution in [2.45, 2.75) is 45.3 Å². The molecule has 0 atom stereocenters. The molecule has 0 amide bonds. The Morgan fingerprint density at radius 1 is 1.12 bits per heavy atom. The molecule has 0 spiro atoms. The maximum atomic E-state index is 5.45. The van der Waals surface area contributed by atoms with Crippen LogP contribution in [0.25, 0.3) is 0 Å². The van der Waals surface area contributed by atoms with Gasteiger partial charge in [0.1, 0.15) is 5.76 Å². The second-order valence-corrected chi connectivity index (χ2v) is 9.15. The molecule has 7 heteroatoms. The van der Waals surface area contributed by atoms with Crippen LogP contribution in [-0.2, 0) is 19.5 Å². The minimum absolute atomic E-state index is 0. The second-order valence-electron chi connectivity index (χ2n) is 8.12. The molecule has 1 fully saturated rings. The number of nitrogens with one attached hydrogen (secondary N) is 2. The Morgan fingerprint density at radius 2 is 1.97 bits per heavy atom. The van der Waals surface area contributed by atoms with Gasteiger partial charge in [0, 0.05) is 43.5 Å². The molecule has 5 nitrogen and oxygen atoms in total. The lowest BCUT2D eigenvalue weighted by atomic mass is 10.0. The summed E-state index contributed by atoms with van der Waals surface area (Å²) in [4.78, 5) is 8.68. The quantitative estimate of drug-likeness (QED) is 0.224. The van der Waals surface area contributed by atoms with Crippen molar-refractivity contribution >= 4 is 41.3 Å². The molecule has 0 bridgehead atoms. The number of hydrogen-bond donors (Lipinski definition) is 2. The lowest BCUT2D eigenvalue weighted by Gasteiger charge is -2.33. The maximum absolute atomic E-state index is 5.45. The molecule has 172 valence electrons. The number of piperidine rings is 1. The first-order chi connectivity index (χ1) is 15.3. The highest BCUT2D eigenvalue weighted by Crippen LogP contribution is 2.16. The fourth-order valence-electron chi connectivity index (χ4n) is 3.93. The molecule has 32 heavy (non-hydrogen) atoms. The number of aliphatic imine (C=N–C) groups is 1. The zero-order valence-electron chi connectivity index (χ0n) is 18.6. The Bertz CT molecular complexity index is 935. The van der Waals surface area contributed by atoms with Gasteiger partial charge in [-0.3, -0.25) is 4.90 Å². The van der Waals surface area contributed by atoms with Gasteiger partial charge in [0.15, 0.2) is 5.96 Å². The van der Waals surface area contributed by atoms with Crippen LogP contribution in [0.5, 0.6) is 0 Å². The second kappa shape index (κ2) is 13.0. The number of benzene rings is 1. The minimum atomic E-state index is 0. The van der Waals surface area contributed by atoms with Crippen molar-refractivity contribution in [3.63, 3.8) is 0 Å². The van der Waals surface area contributed by atoms with E-state index in [0.717, 1.165) is 57.2 Å². The average Bonchev–Trinajstić information content (AvgIpc) is 3.49. The first kappa shape index (κ1) is 24.8. The number of rotatable bonds is 8. The van der Waals surface area contributed by atoms with Gasteiger partial charge in [-0.2, -0.15) is 0 Å². The van der Waals surface area contributed by atoms with Gasteiger partial charge in [-0.05, 0) is 54.5 Å². The lowest BCUT2D eigenvalue weighted by Crippen LogP contribution is -2.48. The number of hydrogen-bond acceptors (Lipinski definition) is 4. The van der Waals surface area contributed by atoms with E-state index in [0.29, 0.717) is 12.6 Å². The van der Waals surface area contributed by atoms with Gasteiger partial charge < -0.3 is 15.1 Å². The normalized spacial score (nSPS) is 15.3. The third kappa shape index (κ3) is 7.64. The summed E-state index contributed by atoms with van der Waals surface area (Å²) in [6, 6.07) is 17.3. The zero-order chi connectivity index (χ0) is 21.3. The summed E-state index contributed by atoms with van der Waals surface area (Å²) in [5.41, 5.74) is 2.82. The average molecular weight is 565 g/mol. The first-order valence-corrected chi connectivity index (χ1v) is 12.0. The third-order valence-electron chi connectivity index (χ3n) is 5.80. The van der Waals surface area contributed by atoms with E-state index in [4.69, 9.17) is 9.41 Å². The smallest absolute Gasteiger partial charge is 0.191 e. The minimum Gasteiger partial charge on any atom is -0.469 e. The molecular formula is C25H33IN4OS. The topological polar surface area (TPSA) is 52.8 Å². The number of aryl methyl sites for hydroxylation is 1. The van der Waals surface area contributed by atoms with Crippen LogP contribution in [0, 0.1) is 6.92 Å². The largest absolute Gasteiger partial charge is 0.469 e. The molecule has 2 N–H and O–H groups in total. The van der Waals surface area contributed by atoms with Gasteiger partial charge in [-0.1, -0.05) is 30.3 Å². The van der Waals surface area contributed by atoms with E-state index in [1.165, 1.54) is 16.0 Å². The van der Waals surface area contributed by atoms with Crippen molar-refractivity contribution < 1.29 is 4.42 Å². The third-order valence-corrected chi connectivity index (χ3v) is 6.66. The van der Waals surface area contributed by atoms with E-state index in [-0.39, 0.29) is 24.0 Å². The summed E-state index contributed by atoms with van der Waals surface area (Å²) in [5, 5.41) is 9.28. The monoisotopic (exact) mass is 564 g/mol. The Hall–Kier alpha value is -1.84. The molecule has 0 saturated carbocycles. The Morgan fingerprint density at radius 3 is 2.69 bits per heavy atom. The molecule has 0 unspecified atom stereocenters. The van der Waals surface area contributed by atoms with E-state index in [9.17, 15) is 0 Å². The van der Waals surface area contributed by atoms with Crippen LogP contribution in [0.1, 0.15) is 34.6 Å². The Labute approximate surface area is 212 Å². The van der Waals surface area contributed by atoms with Crippen molar-refractivity contribution in [2.75, 3.05) is 19.6 Å². The summed E-state index contributed by atoms with van der Waals surface area (Å²) in [7, 11) is 0. The van der Waals surface area contributed by atoms with Gasteiger partial charge >= 0.3 is 0 Å². The van der Waals surface area contributed by atoms with E-state index in [1.807, 2.05) is 12.1 Å². The summed E-state index contributed by atoms with van der Waals surface area (Å²) < 4.78 is 5.45. The molecule has 3 aromatic rings. The van der Waals surface area contributed by atoms with Crippen molar-refractivity contribution in [1.29, 1.82) is 0 Å². The van der Waals surface area contributed by atoms with Crippen LogP contribution < -0.4 is 10.6 Å². The number of likely N-dealkylation sites (tertiary alicyclic amines) is 1. The fourth-order valence-corrected chi connectivity index (χ4v) is 4.56. The summed E-state index contributed by atoms with van der Waals surface area (Å²) >= 11 is 1.75. The van der Waals surface area contributed by atoms with E-state index in [1.54, 1.807) is 17.6 Å². The van der Waals surface area contributed by atoms with Crippen LogP contribution in [0.3, 0.4) is 0 Å². The predicted molar refractivity (Wildman–Crippen MR) is 144 cm³/mol. The molecule has 0 radical (unpaired) electrons. The highest BCUT2D eigenvalue weighted by Gasteiger charge is 2.20. The van der Waals surface area contributed by atoms with Crippen LogP contribution in [0.4, 0.5) is 0 Å². The Kier molecular flexibility index (Phi) is 10.1. The van der Waals surface area contributed by atoms with Crippen LogP contribution in [0.2, 0.25) is 0 Å². The van der Waals surface area contributed by atoms with Crippen LogP contribution >= 0.6 is 35.3 Å². The number of halogens is 1. The SMILES string of the molecule is Cc1ccccc1CN1CCC(NC(=NCc2cccs2)NCCc2ccco2)CC1.I. The van der Waals surface area contributed by atoms with E-state index >= 15 is 0 Å². The molecular weight excluding hydrogens is 531 g/mol. The number of nitrogens with zero attached hydrogens (tertiary/aromatic N) is 2. The molecule has 1 saturated heterocycles. The van der Waals surface area contributed by atoms with Crippen molar-refractivity contribution in [1.82, 2.24) is 15.5 Å². The standard InChI is InChI=1S/C25H32N4OS.HI/c1-20-6-2-3-7-21(20)19-29-14-11-22(12-15-29)28-25(27-18-24-9-5-17-31-24)26-13-10-23-8-4-16-30-23;/h2-9,16-17,22H,10-15,18-19H2,1H3,(H2,26,27,28);1H. The summed E-state index contributed by atoms with van der Waals surface area (Å²) in [6.07, 6.45) is 4.83. The predicted octanol–water partition coefficient (Wildman–Crippen LogP) is 5.21. The zero-order valence-corrected chi connectivity index (χ0v) is 21.8. The summed E-state index contributed by atoms with van der Waals surface area (Å²) in [5.74, 6) is 1.90. The highest BCUT2D eigenvalue weighted by atomic mass is 127. The molecule has 1 aromatic carbocycles. The molecule has 4 rings (SSSR count). The Balaban J connectivity index is 0.00000289. The van der Waals surface area contributed by atoms with E-state index in [2.05, 4.69) is 64.2 Å². The van der Waals surface area contributed by atoms with Gasteiger partial charge in [-0.25, -0.2) is 4.99 Å². The molecule has 0 aliphatic carbocycles. The fraction of sp³-hybridized carbons (Fsp3) is 0.400. The van der Waals surface area contributed by atoms with Crippen LogP contribution in [0.15, 0.2) is 69.6 Å². The van der Waals surface area contributed by atoms with Crippen molar-refractivity contribution in [2.24, 2.45) is 4.99 Å². The number of furan rings is 1. The van der Waals surface area contributed by atoms with Gasteiger partial charge in [0.2, 0.25) is 0 Å². The van der Waals surface area contributed by atoms with Gasteiger partial charge in [0.25, 0.3) is 0 Å². The lowest BCUT2D eigenvalue weighted by molar-refractivity contribution is 0.198. The van der Waals surface area contributed by atoms with Crippen molar-refractivity contribution in [3.05, 3.63) is 81.9 Å². The molecule has 2 aromatic heterocycles. The summed E-state index contributed by atoms with van der Waals surface area (Å²) in [6.45, 7) is 6.97. The molecule has 3 heterocycles. The maximum Gasteiger partial charge on any atom is 0.191 e. The first-order valence-electron chi connectivity index (χ1n) is 11.1. The molecule has 1 aliphatic heterocycles. The van der Waals surface area contributed by atoms with E-state index < -0.39 is 0 Å². The van der Waals surface area contributed by atoms with Gasteiger partial charge in [0.05, 0.1) is 12.8 Å². The van der Waals surface area contributed by atoms with Crippen LogP contribution in [-0.4, -0.2) is 36.5 Å².